The summed E-state index contributed by atoms with van der Waals surface area (Å²) in [5, 5.41) is 0.0525. The molecule has 0 fully saturated rings. The second-order valence-corrected chi connectivity index (χ2v) is 10.3. The van der Waals surface area contributed by atoms with E-state index in [4.69, 9.17) is 21.1 Å². The minimum Gasteiger partial charge on any atom is -0.493 e. The Morgan fingerprint density at radius 2 is 1.65 bits per heavy atom. The second kappa shape index (κ2) is 13.2. The average molecular weight is 507 g/mol. The van der Waals surface area contributed by atoms with E-state index in [0.29, 0.717) is 18.0 Å². The predicted molar refractivity (Wildman–Crippen MR) is 141 cm³/mol. The van der Waals surface area contributed by atoms with Gasteiger partial charge in [0.25, 0.3) is 10.0 Å². The first-order valence-electron chi connectivity index (χ1n) is 10.8. The van der Waals surface area contributed by atoms with Crippen molar-refractivity contribution in [2.24, 2.45) is 4.99 Å². The van der Waals surface area contributed by atoms with Crippen LogP contribution in [0.1, 0.15) is 47.1 Å². The van der Waals surface area contributed by atoms with E-state index in [1.165, 1.54) is 7.11 Å². The van der Waals surface area contributed by atoms with Crippen molar-refractivity contribution in [1.29, 1.82) is 0 Å². The lowest BCUT2D eigenvalue weighted by molar-refractivity contribution is 0.369. The minimum atomic E-state index is -3.86. The molecule has 0 aliphatic carbocycles. The number of aliphatic imine (C=N–C) groups is 1. The van der Waals surface area contributed by atoms with Crippen molar-refractivity contribution in [3.63, 3.8) is 0 Å². The highest BCUT2D eigenvalue weighted by Gasteiger charge is 2.21. The van der Waals surface area contributed by atoms with Crippen molar-refractivity contribution in [2.75, 3.05) is 13.7 Å². The van der Waals surface area contributed by atoms with E-state index in [1.54, 1.807) is 49.4 Å². The zero-order chi connectivity index (χ0) is 25.9. The van der Waals surface area contributed by atoms with E-state index in [2.05, 4.69) is 37.1 Å². The Balaban J connectivity index is 0.00000182. The van der Waals surface area contributed by atoms with Crippen LogP contribution in [0.15, 0.2) is 82.5 Å². The molecule has 0 spiro atoms. The number of allylic oxidation sites excluding steroid dienone is 3. The maximum Gasteiger partial charge on any atom is 0.261 e. The van der Waals surface area contributed by atoms with Crippen LogP contribution in [0.4, 0.5) is 0 Å². The molecule has 0 unspecified atom stereocenters. The SMILES string of the molecule is C=CC.CCN=C(Cl)/C(Oc1ccccc1OC)=C(\C)NS(=O)(=O)c1ccc(C(C)(C)C)cc1. The molecular formula is C26H35ClN2O4S. The number of nitrogens with zero attached hydrogens (tertiary/aromatic N) is 1. The highest BCUT2D eigenvalue weighted by atomic mass is 35.5. The number of sulfonamides is 1. The number of halogens is 1. The van der Waals surface area contributed by atoms with Crippen LogP contribution in [-0.2, 0) is 15.4 Å². The topological polar surface area (TPSA) is 77.0 Å². The number of nitrogens with one attached hydrogen (secondary N) is 1. The first-order chi connectivity index (χ1) is 15.9. The van der Waals surface area contributed by atoms with Crippen molar-refractivity contribution in [1.82, 2.24) is 4.72 Å². The lowest BCUT2D eigenvalue weighted by Gasteiger charge is -2.19. The number of hydrogen-bond acceptors (Lipinski definition) is 5. The Hall–Kier alpha value is -2.77. The van der Waals surface area contributed by atoms with Crippen molar-refractivity contribution < 1.29 is 17.9 Å². The zero-order valence-electron chi connectivity index (χ0n) is 21.0. The van der Waals surface area contributed by atoms with Gasteiger partial charge in [0.2, 0.25) is 0 Å². The van der Waals surface area contributed by atoms with Crippen LogP contribution in [0.25, 0.3) is 0 Å². The number of hydrogen-bond donors (Lipinski definition) is 1. The summed E-state index contributed by atoms with van der Waals surface area (Å²) in [4.78, 5) is 4.30. The Kier molecular flexibility index (Phi) is 11.4. The summed E-state index contributed by atoms with van der Waals surface area (Å²) in [5.41, 5.74) is 1.16. The molecule has 0 amide bonds. The molecule has 0 aliphatic rings. The van der Waals surface area contributed by atoms with Gasteiger partial charge < -0.3 is 9.47 Å². The largest absolute Gasteiger partial charge is 0.493 e. The van der Waals surface area contributed by atoms with E-state index in [0.717, 1.165) is 5.56 Å². The summed E-state index contributed by atoms with van der Waals surface area (Å²) in [6.07, 6.45) is 1.75. The van der Waals surface area contributed by atoms with E-state index in [1.807, 2.05) is 26.0 Å². The average Bonchev–Trinajstić information content (AvgIpc) is 2.77. The molecule has 34 heavy (non-hydrogen) atoms. The molecule has 2 aromatic carbocycles. The highest BCUT2D eigenvalue weighted by Crippen LogP contribution is 2.29. The smallest absolute Gasteiger partial charge is 0.261 e. The summed E-state index contributed by atoms with van der Waals surface area (Å²) in [6.45, 7) is 15.2. The molecule has 2 rings (SSSR count). The van der Waals surface area contributed by atoms with E-state index in [9.17, 15) is 8.42 Å². The second-order valence-electron chi connectivity index (χ2n) is 8.26. The van der Waals surface area contributed by atoms with Gasteiger partial charge in [-0.15, -0.1) is 6.58 Å². The number of ether oxygens (including phenoxy) is 2. The lowest BCUT2D eigenvalue weighted by Crippen LogP contribution is -2.25. The Morgan fingerprint density at radius 1 is 1.12 bits per heavy atom. The van der Waals surface area contributed by atoms with Crippen LogP contribution in [0.2, 0.25) is 0 Å². The third-order valence-electron chi connectivity index (χ3n) is 4.42. The van der Waals surface area contributed by atoms with E-state index >= 15 is 0 Å². The van der Waals surface area contributed by atoms with Gasteiger partial charge in [0.05, 0.1) is 17.7 Å². The molecule has 0 radical (unpaired) electrons. The molecule has 186 valence electrons. The van der Waals surface area contributed by atoms with Gasteiger partial charge in [-0.25, -0.2) is 8.42 Å². The van der Waals surface area contributed by atoms with Crippen LogP contribution in [-0.4, -0.2) is 27.2 Å². The van der Waals surface area contributed by atoms with Crippen molar-refractivity contribution in [2.45, 2.75) is 51.9 Å². The van der Waals surface area contributed by atoms with Crippen LogP contribution >= 0.6 is 11.6 Å². The molecule has 0 atom stereocenters. The highest BCUT2D eigenvalue weighted by molar-refractivity contribution is 7.89. The van der Waals surface area contributed by atoms with Gasteiger partial charge in [0, 0.05) is 6.54 Å². The van der Waals surface area contributed by atoms with Crippen molar-refractivity contribution in [3.8, 4) is 11.5 Å². The summed E-state index contributed by atoms with van der Waals surface area (Å²) in [5.74, 6) is 0.967. The summed E-state index contributed by atoms with van der Waals surface area (Å²) >= 11 is 6.32. The monoisotopic (exact) mass is 506 g/mol. The third-order valence-corrected chi connectivity index (χ3v) is 6.18. The van der Waals surface area contributed by atoms with Crippen LogP contribution in [0, 0.1) is 0 Å². The molecular weight excluding hydrogens is 472 g/mol. The van der Waals surface area contributed by atoms with Gasteiger partial charge in [-0.3, -0.25) is 9.71 Å². The normalized spacial score (nSPS) is 12.6. The quantitative estimate of drug-likeness (QED) is 0.254. The van der Waals surface area contributed by atoms with Gasteiger partial charge >= 0.3 is 0 Å². The first kappa shape index (κ1) is 29.3. The molecule has 0 bridgehead atoms. The first-order valence-corrected chi connectivity index (χ1v) is 12.7. The molecule has 6 nitrogen and oxygen atoms in total. The fourth-order valence-corrected chi connectivity index (χ4v) is 4.15. The Labute approximate surface area is 209 Å². The number of rotatable bonds is 8. The zero-order valence-corrected chi connectivity index (χ0v) is 22.5. The molecule has 0 aliphatic heterocycles. The minimum absolute atomic E-state index is 0.0525. The fraction of sp³-hybridized carbons (Fsp3) is 0.346. The Bertz CT molecular complexity index is 1120. The van der Waals surface area contributed by atoms with E-state index in [-0.39, 0.29) is 26.9 Å². The predicted octanol–water partition coefficient (Wildman–Crippen LogP) is 6.43. The Morgan fingerprint density at radius 3 is 2.12 bits per heavy atom. The molecule has 1 N–H and O–H groups in total. The summed E-state index contributed by atoms with van der Waals surface area (Å²) in [6, 6.07) is 13.8. The fourth-order valence-electron chi connectivity index (χ4n) is 2.74. The molecule has 0 saturated carbocycles. The number of para-hydroxylation sites is 2. The van der Waals surface area contributed by atoms with Gasteiger partial charge in [0.1, 0.15) is 0 Å². The van der Waals surface area contributed by atoms with Crippen LogP contribution in [0.5, 0.6) is 11.5 Å². The van der Waals surface area contributed by atoms with Gasteiger partial charge in [-0.1, -0.05) is 62.7 Å². The van der Waals surface area contributed by atoms with Crippen molar-refractivity contribution >= 4 is 26.8 Å². The summed E-state index contributed by atoms with van der Waals surface area (Å²) in [7, 11) is -2.34. The summed E-state index contributed by atoms with van der Waals surface area (Å²) < 4.78 is 39.7. The maximum absolute atomic E-state index is 13.0. The molecule has 0 saturated heterocycles. The molecule has 8 heteroatoms. The van der Waals surface area contributed by atoms with Crippen molar-refractivity contribution in [3.05, 3.63) is 78.2 Å². The van der Waals surface area contributed by atoms with Crippen LogP contribution < -0.4 is 14.2 Å². The third kappa shape index (κ3) is 8.54. The van der Waals surface area contributed by atoms with Gasteiger partial charge in [-0.05, 0) is 56.0 Å². The maximum atomic E-state index is 13.0. The number of methoxy groups -OCH3 is 1. The number of benzene rings is 2. The van der Waals surface area contributed by atoms with Gasteiger partial charge in [0.15, 0.2) is 22.4 Å². The lowest BCUT2D eigenvalue weighted by atomic mass is 9.87. The van der Waals surface area contributed by atoms with Gasteiger partial charge in [-0.2, -0.15) is 0 Å². The molecule has 0 heterocycles. The van der Waals surface area contributed by atoms with Crippen LogP contribution in [0.3, 0.4) is 0 Å². The van der Waals surface area contributed by atoms with E-state index < -0.39 is 10.0 Å². The molecule has 0 aromatic heterocycles. The molecule has 2 aromatic rings. The standard InChI is InChI=1S/C23H29ClN2O4S.C3H6/c1-7-25-22(24)21(30-20-11-9-8-10-19(20)29-6)16(2)26-31(27,28)18-14-12-17(13-15-18)23(3,4)5;1-3-2/h8-15,26H,7H2,1-6H3;3H,1H2,2H3/b21-16-,25-22?;.